The van der Waals surface area contributed by atoms with E-state index in [1.165, 1.54) is 12.4 Å². The summed E-state index contributed by atoms with van der Waals surface area (Å²) in [5.41, 5.74) is 7.30. The Bertz CT molecular complexity index is 1040. The number of nitrogen functional groups attached to an aromatic ring is 1. The summed E-state index contributed by atoms with van der Waals surface area (Å²) >= 11 is 6.16. The monoisotopic (exact) mass is 387 g/mol. The predicted octanol–water partition coefficient (Wildman–Crippen LogP) is 2.70. The summed E-state index contributed by atoms with van der Waals surface area (Å²) in [7, 11) is 0. The number of carbonyl (C=O) groups excluding carboxylic acids is 1. The van der Waals surface area contributed by atoms with Crippen molar-refractivity contribution in [3.05, 3.63) is 40.9 Å². The molecule has 1 aliphatic heterocycles. The Balaban J connectivity index is 1.66. The van der Waals surface area contributed by atoms with E-state index >= 15 is 0 Å². The molecule has 0 spiro atoms. The second-order valence-corrected chi connectivity index (χ2v) is 6.15. The molecule has 3 heterocycles. The summed E-state index contributed by atoms with van der Waals surface area (Å²) in [4.78, 5) is 20.7. The van der Waals surface area contributed by atoms with Crippen LogP contribution in [0.2, 0.25) is 5.02 Å². The maximum Gasteiger partial charge on any atom is 0.262 e. The first kappa shape index (κ1) is 17.1. The van der Waals surface area contributed by atoms with Gasteiger partial charge in [-0.2, -0.15) is 0 Å². The van der Waals surface area contributed by atoms with Crippen LogP contribution in [0.3, 0.4) is 0 Å². The number of halogens is 1. The fraction of sp³-hybridized carbons (Fsp3) is 0.176. The summed E-state index contributed by atoms with van der Waals surface area (Å²) in [6, 6.07) is 3.34. The van der Waals surface area contributed by atoms with E-state index in [0.29, 0.717) is 52.3 Å². The number of nitrogens with one attached hydrogen (secondary N) is 1. The maximum atomic E-state index is 12.2. The van der Waals surface area contributed by atoms with Crippen LogP contribution in [0.5, 0.6) is 11.5 Å². The average Bonchev–Trinajstić information content (AvgIpc) is 3.07. The number of benzene rings is 1. The van der Waals surface area contributed by atoms with Gasteiger partial charge in [-0.1, -0.05) is 16.8 Å². The van der Waals surface area contributed by atoms with Gasteiger partial charge in [-0.3, -0.25) is 4.79 Å². The molecule has 0 unspecified atom stereocenters. The van der Waals surface area contributed by atoms with Gasteiger partial charge in [0, 0.05) is 11.1 Å². The molecule has 2 aromatic heterocycles. The fourth-order valence-corrected chi connectivity index (χ4v) is 2.88. The van der Waals surface area contributed by atoms with E-state index in [-0.39, 0.29) is 11.6 Å². The molecule has 9 nitrogen and oxygen atoms in total. The lowest BCUT2D eigenvalue weighted by molar-refractivity contribution is 0.102. The van der Waals surface area contributed by atoms with Crippen LogP contribution in [0.1, 0.15) is 16.1 Å². The predicted molar refractivity (Wildman–Crippen MR) is 97.1 cm³/mol. The largest absolute Gasteiger partial charge is 0.486 e. The SMILES string of the molecule is Cc1oncc1C(=O)Nc1cnc(-c2cc(Cl)cc3c2OCCO3)c(N)n1. The molecular formula is C17H14ClN5O4. The molecule has 1 aromatic carbocycles. The molecule has 1 amide bonds. The molecule has 0 saturated carbocycles. The number of amides is 1. The van der Waals surface area contributed by atoms with Gasteiger partial charge in [0.05, 0.1) is 18.0 Å². The first-order valence-electron chi connectivity index (χ1n) is 7.97. The molecule has 0 radical (unpaired) electrons. The highest BCUT2D eigenvalue weighted by Gasteiger charge is 2.22. The van der Waals surface area contributed by atoms with E-state index in [0.717, 1.165) is 0 Å². The van der Waals surface area contributed by atoms with Gasteiger partial charge in [-0.15, -0.1) is 0 Å². The third kappa shape index (κ3) is 3.24. The third-order valence-corrected chi connectivity index (χ3v) is 4.12. The molecule has 27 heavy (non-hydrogen) atoms. The van der Waals surface area contributed by atoms with E-state index in [1.54, 1.807) is 19.1 Å². The Morgan fingerprint density at radius 2 is 2.07 bits per heavy atom. The van der Waals surface area contributed by atoms with Gasteiger partial charge < -0.3 is 25.0 Å². The Morgan fingerprint density at radius 1 is 1.26 bits per heavy atom. The standard InChI is InChI=1S/C17H14ClN5O4/c1-8-11(6-21-27-8)17(24)23-13-7-20-14(16(19)22-13)10-4-9(18)5-12-15(10)26-3-2-25-12/h4-7H,2-3H2,1H3,(H3,19,22,23,24). The van der Waals surface area contributed by atoms with Crippen LogP contribution in [0, 0.1) is 6.92 Å². The Morgan fingerprint density at radius 3 is 2.81 bits per heavy atom. The number of carbonyl (C=O) groups is 1. The van der Waals surface area contributed by atoms with Gasteiger partial charge in [0.25, 0.3) is 5.91 Å². The fourth-order valence-electron chi connectivity index (χ4n) is 2.67. The zero-order valence-electron chi connectivity index (χ0n) is 14.2. The Labute approximate surface area is 158 Å². The lowest BCUT2D eigenvalue weighted by Gasteiger charge is -2.21. The van der Waals surface area contributed by atoms with Crippen LogP contribution < -0.4 is 20.5 Å². The minimum absolute atomic E-state index is 0.105. The summed E-state index contributed by atoms with van der Waals surface area (Å²) in [6.45, 7) is 2.47. The molecule has 0 bridgehead atoms. The summed E-state index contributed by atoms with van der Waals surface area (Å²) in [6.07, 6.45) is 2.72. The van der Waals surface area contributed by atoms with Crippen LogP contribution in [0.15, 0.2) is 29.0 Å². The lowest BCUT2D eigenvalue weighted by Crippen LogP contribution is -2.17. The number of rotatable bonds is 3. The van der Waals surface area contributed by atoms with Gasteiger partial charge in [0.15, 0.2) is 23.1 Å². The normalized spacial score (nSPS) is 12.7. The Kier molecular flexibility index (Phi) is 4.28. The second-order valence-electron chi connectivity index (χ2n) is 5.72. The number of nitrogens with zero attached hydrogens (tertiary/aromatic N) is 3. The number of anilines is 2. The van der Waals surface area contributed by atoms with Crippen molar-refractivity contribution in [2.24, 2.45) is 0 Å². The van der Waals surface area contributed by atoms with E-state index < -0.39 is 5.91 Å². The van der Waals surface area contributed by atoms with E-state index in [9.17, 15) is 4.79 Å². The van der Waals surface area contributed by atoms with Crippen molar-refractivity contribution in [3.8, 4) is 22.8 Å². The van der Waals surface area contributed by atoms with Crippen LogP contribution in [0.25, 0.3) is 11.3 Å². The molecule has 0 fully saturated rings. The quantitative estimate of drug-likeness (QED) is 0.702. The van der Waals surface area contributed by atoms with E-state index in [4.69, 9.17) is 31.3 Å². The van der Waals surface area contributed by atoms with Crippen LogP contribution >= 0.6 is 11.6 Å². The number of ether oxygens (including phenoxy) is 2. The molecule has 0 aliphatic carbocycles. The van der Waals surface area contributed by atoms with Crippen LogP contribution in [-0.2, 0) is 0 Å². The van der Waals surface area contributed by atoms with Gasteiger partial charge in [0.2, 0.25) is 0 Å². The van der Waals surface area contributed by atoms with Gasteiger partial charge in [0.1, 0.15) is 30.2 Å². The van der Waals surface area contributed by atoms with Crippen molar-refractivity contribution < 1.29 is 18.8 Å². The van der Waals surface area contributed by atoms with E-state index in [1.807, 2.05) is 0 Å². The summed E-state index contributed by atoms with van der Waals surface area (Å²) in [5.74, 6) is 1.29. The summed E-state index contributed by atoms with van der Waals surface area (Å²) < 4.78 is 16.1. The molecule has 138 valence electrons. The molecule has 4 rings (SSSR count). The molecule has 0 saturated heterocycles. The van der Waals surface area contributed by atoms with Crippen molar-refractivity contribution >= 4 is 29.1 Å². The lowest BCUT2D eigenvalue weighted by atomic mass is 10.1. The van der Waals surface area contributed by atoms with Crippen molar-refractivity contribution in [1.29, 1.82) is 0 Å². The number of hydrogen-bond acceptors (Lipinski definition) is 8. The highest BCUT2D eigenvalue weighted by atomic mass is 35.5. The molecule has 3 N–H and O–H groups in total. The number of nitrogens with two attached hydrogens (primary N) is 1. The van der Waals surface area contributed by atoms with Crippen molar-refractivity contribution in [3.63, 3.8) is 0 Å². The highest BCUT2D eigenvalue weighted by Crippen LogP contribution is 2.43. The molecule has 1 aliphatic rings. The minimum Gasteiger partial charge on any atom is -0.486 e. The molecule has 3 aromatic rings. The molecular weight excluding hydrogens is 374 g/mol. The first-order valence-corrected chi connectivity index (χ1v) is 8.35. The number of aromatic nitrogens is 3. The van der Waals surface area contributed by atoms with Crippen molar-refractivity contribution in [2.75, 3.05) is 24.3 Å². The second kappa shape index (κ2) is 6.76. The highest BCUT2D eigenvalue weighted by molar-refractivity contribution is 6.31. The zero-order chi connectivity index (χ0) is 19.0. The van der Waals surface area contributed by atoms with Gasteiger partial charge >= 0.3 is 0 Å². The third-order valence-electron chi connectivity index (χ3n) is 3.90. The van der Waals surface area contributed by atoms with Crippen LogP contribution in [-0.4, -0.2) is 34.2 Å². The van der Waals surface area contributed by atoms with E-state index in [2.05, 4.69) is 20.4 Å². The average molecular weight is 388 g/mol. The first-order chi connectivity index (χ1) is 13.0. The smallest absolute Gasteiger partial charge is 0.262 e. The number of aryl methyl sites for hydroxylation is 1. The number of fused-ring (bicyclic) bond motifs is 1. The van der Waals surface area contributed by atoms with Crippen molar-refractivity contribution in [1.82, 2.24) is 15.1 Å². The molecule has 0 atom stereocenters. The Hall–Kier alpha value is -3.33. The van der Waals surface area contributed by atoms with Crippen LogP contribution in [0.4, 0.5) is 11.6 Å². The van der Waals surface area contributed by atoms with Crippen molar-refractivity contribution in [2.45, 2.75) is 6.92 Å². The minimum atomic E-state index is -0.424. The zero-order valence-corrected chi connectivity index (χ0v) is 14.9. The number of hydrogen-bond donors (Lipinski definition) is 2. The topological polar surface area (TPSA) is 125 Å². The van der Waals surface area contributed by atoms with Gasteiger partial charge in [-0.25, -0.2) is 9.97 Å². The maximum absolute atomic E-state index is 12.2. The molecule has 10 heteroatoms. The van der Waals surface area contributed by atoms with Gasteiger partial charge in [-0.05, 0) is 13.0 Å². The summed E-state index contributed by atoms with van der Waals surface area (Å²) in [5, 5.41) is 6.63.